The molecule has 2 aliphatic heterocycles. The van der Waals surface area contributed by atoms with Crippen LogP contribution in [-0.2, 0) is 10.0 Å². The Morgan fingerprint density at radius 2 is 1.87 bits per heavy atom. The molecule has 0 aliphatic carbocycles. The lowest BCUT2D eigenvalue weighted by molar-refractivity contribution is -0.385. The number of benzene rings is 1. The molecule has 2 atom stereocenters. The van der Waals surface area contributed by atoms with E-state index in [2.05, 4.69) is 5.32 Å². The molecule has 2 saturated heterocycles. The van der Waals surface area contributed by atoms with E-state index in [0.29, 0.717) is 24.9 Å². The zero-order chi connectivity index (χ0) is 16.1. The van der Waals surface area contributed by atoms with Crippen LogP contribution in [-0.4, -0.2) is 43.8 Å². The number of nitro benzene ring substituents is 1. The lowest BCUT2D eigenvalue weighted by Gasteiger charge is -2.18. The lowest BCUT2D eigenvalue weighted by atomic mass is 10.0. The van der Waals surface area contributed by atoms with Gasteiger partial charge in [0.1, 0.15) is 0 Å². The van der Waals surface area contributed by atoms with Crippen LogP contribution in [0.4, 0.5) is 5.69 Å². The van der Waals surface area contributed by atoms with Crippen LogP contribution in [0.2, 0.25) is 5.02 Å². The van der Waals surface area contributed by atoms with Gasteiger partial charge in [-0.25, -0.2) is 8.42 Å². The third-order valence-corrected chi connectivity index (χ3v) is 6.68. The molecule has 0 aromatic heterocycles. The van der Waals surface area contributed by atoms with Crippen molar-refractivity contribution in [2.24, 2.45) is 11.8 Å². The van der Waals surface area contributed by atoms with Crippen molar-refractivity contribution in [3.63, 3.8) is 0 Å². The van der Waals surface area contributed by atoms with E-state index in [4.69, 9.17) is 11.6 Å². The minimum absolute atomic E-state index is 0. The minimum atomic E-state index is -3.76. The average molecular weight is 382 g/mol. The quantitative estimate of drug-likeness (QED) is 0.636. The summed E-state index contributed by atoms with van der Waals surface area (Å²) in [6, 6.07) is 2.40. The highest BCUT2D eigenvalue weighted by Crippen LogP contribution is 2.34. The third-order valence-electron chi connectivity index (χ3n) is 4.48. The largest absolute Gasteiger partial charge is 0.316 e. The smallest absolute Gasteiger partial charge is 0.275 e. The zero-order valence-electron chi connectivity index (χ0n) is 12.4. The molecule has 2 heterocycles. The Balaban J connectivity index is 0.00000192. The number of hydrogen-bond donors (Lipinski definition) is 1. The monoisotopic (exact) mass is 381 g/mol. The van der Waals surface area contributed by atoms with Crippen LogP contribution in [0.3, 0.4) is 0 Å². The van der Waals surface area contributed by atoms with Gasteiger partial charge in [-0.3, -0.25) is 10.1 Å². The van der Waals surface area contributed by atoms with Gasteiger partial charge in [0.05, 0.1) is 14.8 Å². The number of nitro groups is 1. The summed E-state index contributed by atoms with van der Waals surface area (Å²) in [6.45, 7) is 4.01. The standard InChI is InChI=1S/C13H16ClN3O4S.ClH/c1-8-12(14)2-11(3-13(8)17(18)19)22(20,21)16-6-9-4-15-5-10(9)7-16;/h2-3,9-10,15H,4-7H2,1H3;1H/t9-,10+;. The van der Waals surface area contributed by atoms with Crippen LogP contribution < -0.4 is 5.32 Å². The van der Waals surface area contributed by atoms with Crippen molar-refractivity contribution in [3.8, 4) is 0 Å². The van der Waals surface area contributed by atoms with Gasteiger partial charge < -0.3 is 5.32 Å². The van der Waals surface area contributed by atoms with Crippen molar-refractivity contribution >= 4 is 39.7 Å². The topological polar surface area (TPSA) is 92.6 Å². The molecule has 7 nitrogen and oxygen atoms in total. The van der Waals surface area contributed by atoms with Gasteiger partial charge in [0.25, 0.3) is 5.69 Å². The third kappa shape index (κ3) is 3.18. The van der Waals surface area contributed by atoms with Crippen LogP contribution in [0.25, 0.3) is 0 Å². The van der Waals surface area contributed by atoms with Crippen molar-refractivity contribution in [3.05, 3.63) is 32.8 Å². The Morgan fingerprint density at radius 1 is 1.30 bits per heavy atom. The molecule has 0 radical (unpaired) electrons. The van der Waals surface area contributed by atoms with Gasteiger partial charge in [0.2, 0.25) is 10.0 Å². The summed E-state index contributed by atoms with van der Waals surface area (Å²) in [5.41, 5.74) is 0.000223. The van der Waals surface area contributed by atoms with Crippen molar-refractivity contribution < 1.29 is 13.3 Å². The second kappa shape index (κ2) is 6.52. The van der Waals surface area contributed by atoms with E-state index in [-0.39, 0.29) is 33.6 Å². The average Bonchev–Trinajstić information content (AvgIpc) is 3.02. The number of nitrogens with one attached hydrogen (secondary N) is 1. The van der Waals surface area contributed by atoms with E-state index < -0.39 is 14.9 Å². The Labute approximate surface area is 145 Å². The molecule has 1 aromatic rings. The first kappa shape index (κ1) is 18.4. The van der Waals surface area contributed by atoms with Crippen LogP contribution in [0.15, 0.2) is 17.0 Å². The highest BCUT2D eigenvalue weighted by molar-refractivity contribution is 7.89. The first-order valence-corrected chi connectivity index (χ1v) is 8.78. The van der Waals surface area contributed by atoms with E-state index in [0.717, 1.165) is 19.2 Å². The van der Waals surface area contributed by atoms with Gasteiger partial charge in [-0.05, 0) is 37.9 Å². The molecule has 2 fully saturated rings. The second-order valence-corrected chi connectivity index (χ2v) is 8.15. The molecule has 0 amide bonds. The molecule has 0 unspecified atom stereocenters. The molecule has 10 heteroatoms. The van der Waals surface area contributed by atoms with Gasteiger partial charge in [0.15, 0.2) is 0 Å². The fourth-order valence-electron chi connectivity index (χ4n) is 3.14. The first-order valence-electron chi connectivity index (χ1n) is 6.96. The van der Waals surface area contributed by atoms with Gasteiger partial charge in [-0.2, -0.15) is 4.31 Å². The summed E-state index contributed by atoms with van der Waals surface area (Å²) >= 11 is 5.97. The highest BCUT2D eigenvalue weighted by atomic mass is 35.5. The van der Waals surface area contributed by atoms with E-state index in [1.807, 2.05) is 0 Å². The molecular formula is C13H17Cl2N3O4S. The maximum absolute atomic E-state index is 12.7. The molecule has 128 valence electrons. The summed E-state index contributed by atoms with van der Waals surface area (Å²) in [5.74, 6) is 0.622. The SMILES string of the molecule is Cc1c(Cl)cc(S(=O)(=O)N2C[C@H]3CNC[C@H]3C2)cc1[N+](=O)[O-].Cl. The first-order chi connectivity index (χ1) is 10.3. The lowest BCUT2D eigenvalue weighted by Crippen LogP contribution is -2.32. The number of hydrogen-bond acceptors (Lipinski definition) is 5. The molecule has 23 heavy (non-hydrogen) atoms. The van der Waals surface area contributed by atoms with Crippen molar-refractivity contribution in [2.45, 2.75) is 11.8 Å². The summed E-state index contributed by atoms with van der Waals surface area (Å²) in [4.78, 5) is 10.3. The Morgan fingerprint density at radius 3 is 2.39 bits per heavy atom. The van der Waals surface area contributed by atoms with Crippen molar-refractivity contribution in [1.82, 2.24) is 9.62 Å². The van der Waals surface area contributed by atoms with Gasteiger partial charge in [-0.1, -0.05) is 11.6 Å². The molecule has 0 bridgehead atoms. The Bertz CT molecular complexity index is 729. The Kier molecular flexibility index (Phi) is 5.22. The molecule has 1 N–H and O–H groups in total. The summed E-state index contributed by atoms with van der Waals surface area (Å²) in [5, 5.41) is 14.4. The highest BCUT2D eigenvalue weighted by Gasteiger charge is 2.42. The predicted octanol–water partition coefficient (Wildman–Crippen LogP) is 1.82. The van der Waals surface area contributed by atoms with E-state index in [1.54, 1.807) is 0 Å². The minimum Gasteiger partial charge on any atom is -0.316 e. The number of rotatable bonds is 3. The Hall–Kier alpha value is -0.930. The number of halogens is 2. The summed E-state index contributed by atoms with van der Waals surface area (Å²) < 4.78 is 26.9. The van der Waals surface area contributed by atoms with E-state index in [1.165, 1.54) is 17.3 Å². The molecule has 0 spiro atoms. The van der Waals surface area contributed by atoms with E-state index >= 15 is 0 Å². The predicted molar refractivity (Wildman–Crippen MR) is 88.7 cm³/mol. The van der Waals surface area contributed by atoms with Gasteiger partial charge >= 0.3 is 0 Å². The molecular weight excluding hydrogens is 365 g/mol. The zero-order valence-corrected chi connectivity index (χ0v) is 14.7. The molecule has 2 aliphatic rings. The number of fused-ring (bicyclic) bond motifs is 1. The second-order valence-electron chi connectivity index (χ2n) is 5.81. The maximum Gasteiger partial charge on any atom is 0.275 e. The summed E-state index contributed by atoms with van der Waals surface area (Å²) in [6.07, 6.45) is 0. The van der Waals surface area contributed by atoms with Crippen LogP contribution in [0.1, 0.15) is 5.56 Å². The van der Waals surface area contributed by atoms with Crippen molar-refractivity contribution in [1.29, 1.82) is 0 Å². The number of sulfonamides is 1. The molecule has 1 aromatic carbocycles. The van der Waals surface area contributed by atoms with Crippen LogP contribution in [0.5, 0.6) is 0 Å². The maximum atomic E-state index is 12.7. The molecule has 0 saturated carbocycles. The van der Waals surface area contributed by atoms with Crippen LogP contribution >= 0.6 is 24.0 Å². The van der Waals surface area contributed by atoms with Crippen LogP contribution in [0, 0.1) is 28.9 Å². The van der Waals surface area contributed by atoms with Crippen molar-refractivity contribution in [2.75, 3.05) is 26.2 Å². The molecule has 3 rings (SSSR count). The normalized spacial score (nSPS) is 24.3. The summed E-state index contributed by atoms with van der Waals surface area (Å²) in [7, 11) is -3.76. The fourth-order valence-corrected chi connectivity index (χ4v) is 5.02. The number of nitrogens with zero attached hydrogens (tertiary/aromatic N) is 2. The van der Waals surface area contributed by atoms with Gasteiger partial charge in [-0.15, -0.1) is 12.4 Å². The van der Waals surface area contributed by atoms with E-state index in [9.17, 15) is 18.5 Å². The van der Waals surface area contributed by atoms with Gasteiger partial charge in [0, 0.05) is 24.7 Å². The fraction of sp³-hybridized carbons (Fsp3) is 0.538.